The van der Waals surface area contributed by atoms with Crippen molar-refractivity contribution in [3.8, 4) is 118 Å². The van der Waals surface area contributed by atoms with E-state index in [4.69, 9.17) is 21.5 Å². The maximum atomic E-state index is 9.34. The molecule has 0 fully saturated rings. The van der Waals surface area contributed by atoms with Crippen LogP contribution >= 0.6 is 0 Å². The fourth-order valence-electron chi connectivity index (χ4n) is 9.58. The van der Waals surface area contributed by atoms with E-state index in [1.807, 2.05) is 103 Å². The molecule has 0 spiro atoms. The van der Waals surface area contributed by atoms with Gasteiger partial charge < -0.3 is 0 Å². The molecule has 0 radical (unpaired) electrons. The summed E-state index contributed by atoms with van der Waals surface area (Å²) in [6.45, 7) is 8.18. The summed E-state index contributed by atoms with van der Waals surface area (Å²) >= 11 is 0. The molecule has 0 N–H and O–H groups in total. The summed E-state index contributed by atoms with van der Waals surface area (Å²) in [5.74, 6) is 1.63. The molecule has 68 heavy (non-hydrogen) atoms. The molecule has 0 atom stereocenters. The van der Waals surface area contributed by atoms with E-state index in [2.05, 4.69) is 132 Å². The molecule has 314 valence electrons. The number of benzene rings is 10. The Kier molecular flexibility index (Phi) is 9.87. The van der Waals surface area contributed by atoms with Gasteiger partial charge in [-0.1, -0.05) is 194 Å². The number of fused-ring (bicyclic) bond motifs is 3. The fourth-order valence-corrected chi connectivity index (χ4v) is 9.58. The van der Waals surface area contributed by atoms with Crippen LogP contribution < -0.4 is 0 Å². The molecule has 0 aliphatic heterocycles. The second-order valence-corrected chi connectivity index (χ2v) is 17.0. The van der Waals surface area contributed by atoms with Crippen molar-refractivity contribution in [2.75, 3.05) is 0 Å². The van der Waals surface area contributed by atoms with Gasteiger partial charge in [-0.2, -0.15) is 5.26 Å². The van der Waals surface area contributed by atoms with Gasteiger partial charge in [0.1, 0.15) is 0 Å². The number of hydrogen-bond acceptors (Lipinski definition) is 4. The fraction of sp³-hybridized carbons (Fsp3) is 0. The molecule has 5 nitrogen and oxygen atoms in total. The maximum Gasteiger partial charge on any atom is 0.194 e. The van der Waals surface area contributed by atoms with Gasteiger partial charge in [0.15, 0.2) is 23.2 Å². The van der Waals surface area contributed by atoms with Crippen molar-refractivity contribution in [3.63, 3.8) is 0 Å². The molecule has 0 unspecified atom stereocenters. The minimum absolute atomic E-state index is 0.526. The van der Waals surface area contributed by atoms with E-state index in [0.29, 0.717) is 28.7 Å². The van der Waals surface area contributed by atoms with Crippen LogP contribution in [0, 0.1) is 17.9 Å². The lowest BCUT2D eigenvalue weighted by molar-refractivity contribution is 1.07. The molecule has 1 aliphatic rings. The molecule has 5 heteroatoms. The Morgan fingerprint density at radius 3 is 1.50 bits per heavy atom. The molecule has 0 saturated carbocycles. The van der Waals surface area contributed by atoms with E-state index in [-0.39, 0.29) is 0 Å². The standard InChI is InChI=1S/C63H37N5/c1-65-58-34-32-49(48-16-7-14-46(35-48)42-27-29-43(30-28-42)53-33-31-44-13-10-22-55-54-20-5-6-21-56(54)60(53)59(44)55)38-57(58)50-17-9-19-52(37-50)63-67-61(45-11-3-2-4-12-45)66-62(68-63)51-18-8-15-47(36-51)41-25-23-40(39-64)24-26-41/h2-38H. The molecule has 11 aromatic rings. The quantitative estimate of drug-likeness (QED) is 0.143. The van der Waals surface area contributed by atoms with E-state index < -0.39 is 0 Å². The van der Waals surface area contributed by atoms with Crippen molar-refractivity contribution in [1.82, 2.24) is 15.0 Å². The minimum Gasteiger partial charge on any atom is -0.238 e. The Labute approximate surface area is 394 Å². The van der Waals surface area contributed by atoms with E-state index in [1.54, 1.807) is 0 Å². The third-order valence-electron chi connectivity index (χ3n) is 12.9. The van der Waals surface area contributed by atoms with Gasteiger partial charge in [-0.3, -0.25) is 0 Å². The van der Waals surface area contributed by atoms with Crippen molar-refractivity contribution in [2.45, 2.75) is 0 Å². The molecule has 12 rings (SSSR count). The summed E-state index contributed by atoms with van der Waals surface area (Å²) in [7, 11) is 0. The van der Waals surface area contributed by atoms with Crippen molar-refractivity contribution in [3.05, 3.63) is 241 Å². The average molecular weight is 864 g/mol. The maximum absolute atomic E-state index is 9.34. The second kappa shape index (κ2) is 16.8. The number of nitriles is 1. The SMILES string of the molecule is [C-]#[N+]c1ccc(-c2cccc(-c3ccc(-c4ccc5cccc6c5c4-c4ccccc4-6)cc3)c2)cc1-c1cccc(-c2nc(-c3ccccc3)nc(-c3cccc(-c4ccc(C#N)cc4)c3)n2)c1. The van der Waals surface area contributed by atoms with Crippen LogP contribution in [-0.2, 0) is 0 Å². The summed E-state index contributed by atoms with van der Waals surface area (Å²) in [6, 6.07) is 79.4. The smallest absolute Gasteiger partial charge is 0.194 e. The predicted molar refractivity (Wildman–Crippen MR) is 276 cm³/mol. The largest absolute Gasteiger partial charge is 0.238 e. The molecular weight excluding hydrogens is 827 g/mol. The molecule has 0 amide bonds. The van der Waals surface area contributed by atoms with Crippen LogP contribution in [0.15, 0.2) is 224 Å². The third-order valence-corrected chi connectivity index (χ3v) is 12.9. The summed E-state index contributed by atoms with van der Waals surface area (Å²) in [5.41, 5.74) is 19.3. The Balaban J connectivity index is 0.877. The van der Waals surface area contributed by atoms with E-state index >= 15 is 0 Å². The number of hydrogen-bond donors (Lipinski definition) is 0. The molecule has 0 bridgehead atoms. The lowest BCUT2D eigenvalue weighted by Crippen LogP contribution is -2.00. The first-order valence-electron chi connectivity index (χ1n) is 22.5. The highest BCUT2D eigenvalue weighted by atomic mass is 15.0. The molecule has 1 heterocycles. The van der Waals surface area contributed by atoms with Crippen LogP contribution in [0.3, 0.4) is 0 Å². The highest BCUT2D eigenvalue weighted by Crippen LogP contribution is 2.51. The minimum atomic E-state index is 0.526. The lowest BCUT2D eigenvalue weighted by Gasteiger charge is -2.13. The van der Waals surface area contributed by atoms with E-state index in [1.165, 1.54) is 44.2 Å². The van der Waals surface area contributed by atoms with Gasteiger partial charge in [-0.05, 0) is 119 Å². The third kappa shape index (κ3) is 7.18. The average Bonchev–Trinajstić information content (AvgIpc) is 3.76. The second-order valence-electron chi connectivity index (χ2n) is 17.0. The first-order valence-corrected chi connectivity index (χ1v) is 22.5. The summed E-state index contributed by atoms with van der Waals surface area (Å²) in [4.78, 5) is 19.0. The highest BCUT2D eigenvalue weighted by Gasteiger charge is 2.24. The molecule has 1 aromatic heterocycles. The predicted octanol–water partition coefficient (Wildman–Crippen LogP) is 16.4. The Hall–Kier alpha value is -9.55. The van der Waals surface area contributed by atoms with Crippen LogP contribution in [0.1, 0.15) is 5.56 Å². The van der Waals surface area contributed by atoms with Gasteiger partial charge in [0.2, 0.25) is 0 Å². The zero-order chi connectivity index (χ0) is 45.6. The van der Waals surface area contributed by atoms with Crippen LogP contribution in [0.2, 0.25) is 0 Å². The van der Waals surface area contributed by atoms with Crippen LogP contribution in [0.25, 0.3) is 128 Å². The number of nitrogens with zero attached hydrogens (tertiary/aromatic N) is 5. The molecule has 1 aliphatic carbocycles. The number of rotatable bonds is 8. The van der Waals surface area contributed by atoms with Gasteiger partial charge in [0, 0.05) is 16.7 Å². The zero-order valence-electron chi connectivity index (χ0n) is 36.6. The van der Waals surface area contributed by atoms with Gasteiger partial charge in [-0.15, -0.1) is 0 Å². The van der Waals surface area contributed by atoms with Gasteiger partial charge in [-0.25, -0.2) is 19.8 Å². The Morgan fingerprint density at radius 1 is 0.338 bits per heavy atom. The van der Waals surface area contributed by atoms with E-state index in [9.17, 15) is 5.26 Å². The zero-order valence-corrected chi connectivity index (χ0v) is 36.6. The van der Waals surface area contributed by atoms with Gasteiger partial charge in [0.25, 0.3) is 0 Å². The first kappa shape index (κ1) is 40.0. The summed E-state index contributed by atoms with van der Waals surface area (Å²) in [5, 5.41) is 11.9. The summed E-state index contributed by atoms with van der Waals surface area (Å²) in [6.07, 6.45) is 0. The highest BCUT2D eigenvalue weighted by molar-refractivity contribution is 6.19. The van der Waals surface area contributed by atoms with Crippen molar-refractivity contribution in [1.29, 1.82) is 5.26 Å². The van der Waals surface area contributed by atoms with Gasteiger partial charge in [0.05, 0.1) is 18.2 Å². The van der Waals surface area contributed by atoms with Crippen LogP contribution in [0.5, 0.6) is 0 Å². The summed E-state index contributed by atoms with van der Waals surface area (Å²) < 4.78 is 0. The normalized spacial score (nSPS) is 11.2. The van der Waals surface area contributed by atoms with Crippen molar-refractivity contribution >= 4 is 16.5 Å². The first-order chi connectivity index (χ1) is 33.6. The van der Waals surface area contributed by atoms with Crippen molar-refractivity contribution in [2.24, 2.45) is 0 Å². The topological polar surface area (TPSA) is 66.8 Å². The molecular formula is C63H37N5. The van der Waals surface area contributed by atoms with Gasteiger partial charge >= 0.3 is 0 Å². The van der Waals surface area contributed by atoms with E-state index in [0.717, 1.165) is 61.2 Å². The van der Waals surface area contributed by atoms with Crippen LogP contribution in [0.4, 0.5) is 5.69 Å². The Morgan fingerprint density at radius 2 is 0.824 bits per heavy atom. The monoisotopic (exact) mass is 863 g/mol. The van der Waals surface area contributed by atoms with Crippen molar-refractivity contribution < 1.29 is 0 Å². The Bertz CT molecular complexity index is 3860. The molecule has 0 saturated heterocycles. The van der Waals surface area contributed by atoms with Crippen LogP contribution in [-0.4, -0.2) is 15.0 Å². The lowest BCUT2D eigenvalue weighted by atomic mass is 9.91. The number of aromatic nitrogens is 3. The molecule has 10 aromatic carbocycles.